The molecule has 0 saturated carbocycles. The number of rotatable bonds is 1. The predicted octanol–water partition coefficient (Wildman–Crippen LogP) is 0.351. The molecule has 0 aromatic heterocycles. The normalized spacial score (nSPS) is 13.1. The number of nitrogen functional groups attached to an aromatic ring is 1. The molecule has 0 spiro atoms. The molecule has 7 heteroatoms. The highest BCUT2D eigenvalue weighted by Gasteiger charge is 2.18. The van der Waals surface area contributed by atoms with Gasteiger partial charge in [0.25, 0.3) is 5.91 Å². The summed E-state index contributed by atoms with van der Waals surface area (Å²) in [6, 6.07) is 2.72. The molecule has 0 atom stereocenters. The van der Waals surface area contributed by atoms with Crippen LogP contribution in [0.1, 0.15) is 0 Å². The second kappa shape index (κ2) is 4.20. The van der Waals surface area contributed by atoms with Gasteiger partial charge in [-0.25, -0.2) is 4.79 Å². The number of ether oxygens (including phenoxy) is 1. The van der Waals surface area contributed by atoms with Crippen LogP contribution in [0.25, 0.3) is 0 Å². The van der Waals surface area contributed by atoms with Crippen LogP contribution in [0.4, 0.5) is 21.9 Å². The van der Waals surface area contributed by atoms with Gasteiger partial charge in [0.1, 0.15) is 5.75 Å². The molecular weight excluding hydrogens is 224 g/mol. The number of nitrogens with one attached hydrogen (secondary N) is 3. The molecule has 90 valence electrons. The molecule has 1 aromatic rings. The van der Waals surface area contributed by atoms with Gasteiger partial charge in [-0.3, -0.25) is 4.79 Å². The molecule has 17 heavy (non-hydrogen) atoms. The van der Waals surface area contributed by atoms with Gasteiger partial charge in [0.05, 0.1) is 17.1 Å². The highest BCUT2D eigenvalue weighted by atomic mass is 16.5. The molecule has 1 heterocycles. The van der Waals surface area contributed by atoms with Gasteiger partial charge in [-0.05, 0) is 6.07 Å². The molecule has 3 amide bonds. The van der Waals surface area contributed by atoms with Gasteiger partial charge in [-0.2, -0.15) is 0 Å². The number of benzene rings is 1. The Kier molecular flexibility index (Phi) is 2.73. The highest BCUT2D eigenvalue weighted by molar-refractivity contribution is 5.99. The van der Waals surface area contributed by atoms with E-state index >= 15 is 0 Å². The Morgan fingerprint density at radius 2 is 2.29 bits per heavy atom. The molecule has 1 aliphatic heterocycles. The summed E-state index contributed by atoms with van der Waals surface area (Å²) < 4.78 is 5.18. The van der Waals surface area contributed by atoms with Crippen molar-refractivity contribution in [2.24, 2.45) is 0 Å². The van der Waals surface area contributed by atoms with Gasteiger partial charge in [0.2, 0.25) is 0 Å². The lowest BCUT2D eigenvalue weighted by molar-refractivity contribution is -0.118. The zero-order valence-electron chi connectivity index (χ0n) is 9.16. The molecule has 0 unspecified atom stereocenters. The molecule has 0 bridgehead atoms. The van der Waals surface area contributed by atoms with Crippen molar-refractivity contribution in [2.75, 3.05) is 30.0 Å². The molecule has 0 saturated heterocycles. The molecule has 0 radical (unpaired) electrons. The molecule has 2 rings (SSSR count). The summed E-state index contributed by atoms with van der Waals surface area (Å²) in [6.07, 6.45) is 0. The maximum Gasteiger partial charge on any atom is 0.319 e. The van der Waals surface area contributed by atoms with Crippen molar-refractivity contribution >= 4 is 29.0 Å². The summed E-state index contributed by atoms with van der Waals surface area (Å²) in [6.45, 7) is -0.0331. The number of carbonyl (C=O) groups is 2. The summed E-state index contributed by atoms with van der Waals surface area (Å²) in [5, 5.41) is 7.58. The second-order valence-electron chi connectivity index (χ2n) is 3.48. The van der Waals surface area contributed by atoms with E-state index in [-0.39, 0.29) is 18.5 Å². The number of amides is 3. The number of urea groups is 1. The van der Waals surface area contributed by atoms with E-state index in [1.807, 2.05) is 0 Å². The zero-order chi connectivity index (χ0) is 12.4. The van der Waals surface area contributed by atoms with Crippen LogP contribution in [0.15, 0.2) is 12.1 Å². The van der Waals surface area contributed by atoms with Gasteiger partial charge in [0.15, 0.2) is 6.61 Å². The van der Waals surface area contributed by atoms with Gasteiger partial charge in [-0.1, -0.05) is 0 Å². The summed E-state index contributed by atoms with van der Waals surface area (Å²) in [5.74, 6) is 0.248. The average Bonchev–Trinajstić information content (AvgIpc) is 2.30. The van der Waals surface area contributed by atoms with Crippen molar-refractivity contribution in [3.8, 4) is 5.75 Å². The van der Waals surface area contributed by atoms with Crippen molar-refractivity contribution in [2.45, 2.75) is 0 Å². The predicted molar refractivity (Wildman–Crippen MR) is 63.1 cm³/mol. The van der Waals surface area contributed by atoms with Crippen LogP contribution in [0.2, 0.25) is 0 Å². The molecule has 0 aliphatic carbocycles. The molecule has 5 N–H and O–H groups in total. The summed E-state index contributed by atoms with van der Waals surface area (Å²) in [5.41, 5.74) is 7.01. The Bertz CT molecular complexity index is 487. The van der Waals surface area contributed by atoms with E-state index in [2.05, 4.69) is 16.0 Å². The largest absolute Gasteiger partial charge is 0.482 e. The minimum Gasteiger partial charge on any atom is -0.482 e. The van der Waals surface area contributed by atoms with Crippen LogP contribution in [0, 0.1) is 0 Å². The third-order valence-corrected chi connectivity index (χ3v) is 2.26. The van der Waals surface area contributed by atoms with Gasteiger partial charge < -0.3 is 26.4 Å². The van der Waals surface area contributed by atoms with Gasteiger partial charge >= 0.3 is 6.03 Å². The number of hydrogen-bond acceptors (Lipinski definition) is 4. The SMILES string of the molecule is CNC(=O)Nc1cc2c(cc1N)OCC(=O)N2. The number of carbonyl (C=O) groups excluding carboxylic acids is 2. The fourth-order valence-electron chi connectivity index (χ4n) is 1.44. The minimum absolute atomic E-state index is 0.0331. The van der Waals surface area contributed by atoms with Gasteiger partial charge in [-0.15, -0.1) is 0 Å². The Morgan fingerprint density at radius 3 is 3.00 bits per heavy atom. The molecule has 7 nitrogen and oxygen atoms in total. The summed E-state index contributed by atoms with van der Waals surface area (Å²) >= 11 is 0. The third-order valence-electron chi connectivity index (χ3n) is 2.26. The van der Waals surface area contributed by atoms with Crippen molar-refractivity contribution in [1.82, 2.24) is 5.32 Å². The van der Waals surface area contributed by atoms with E-state index in [9.17, 15) is 9.59 Å². The lowest BCUT2D eigenvalue weighted by atomic mass is 10.2. The first kappa shape index (κ1) is 11.1. The maximum absolute atomic E-state index is 11.2. The van der Waals surface area contributed by atoms with Crippen LogP contribution in [-0.2, 0) is 4.79 Å². The van der Waals surface area contributed by atoms with Crippen LogP contribution < -0.4 is 26.4 Å². The van der Waals surface area contributed by atoms with E-state index in [0.29, 0.717) is 22.8 Å². The Labute approximate surface area is 97.3 Å². The van der Waals surface area contributed by atoms with E-state index in [4.69, 9.17) is 10.5 Å². The number of fused-ring (bicyclic) bond motifs is 1. The van der Waals surface area contributed by atoms with Crippen molar-refractivity contribution < 1.29 is 14.3 Å². The lowest BCUT2D eigenvalue weighted by Gasteiger charge is -2.20. The Morgan fingerprint density at radius 1 is 1.53 bits per heavy atom. The standard InChI is InChI=1S/C10H12N4O3/c1-12-10(16)14-6-3-7-8(2-5(6)11)17-4-9(15)13-7/h2-3H,4,11H2,1H3,(H,13,15)(H2,12,14,16). The third kappa shape index (κ3) is 2.22. The van der Waals surface area contributed by atoms with Crippen molar-refractivity contribution in [3.05, 3.63) is 12.1 Å². The Hall–Kier alpha value is -2.44. The van der Waals surface area contributed by atoms with Crippen LogP contribution in [-0.4, -0.2) is 25.6 Å². The van der Waals surface area contributed by atoms with Crippen LogP contribution >= 0.6 is 0 Å². The van der Waals surface area contributed by atoms with E-state index in [0.717, 1.165) is 0 Å². The van der Waals surface area contributed by atoms with Crippen molar-refractivity contribution in [1.29, 1.82) is 0 Å². The number of hydrogen-bond donors (Lipinski definition) is 4. The summed E-state index contributed by atoms with van der Waals surface area (Å²) in [4.78, 5) is 22.3. The topological polar surface area (TPSA) is 105 Å². The van der Waals surface area contributed by atoms with Crippen LogP contribution in [0.5, 0.6) is 5.75 Å². The number of nitrogens with two attached hydrogens (primary N) is 1. The molecular formula is C10H12N4O3. The van der Waals surface area contributed by atoms with Crippen LogP contribution in [0.3, 0.4) is 0 Å². The summed E-state index contributed by atoms with van der Waals surface area (Å²) in [7, 11) is 1.49. The smallest absolute Gasteiger partial charge is 0.319 e. The molecule has 0 fully saturated rings. The van der Waals surface area contributed by atoms with Crippen molar-refractivity contribution in [3.63, 3.8) is 0 Å². The minimum atomic E-state index is -0.389. The monoisotopic (exact) mass is 236 g/mol. The highest BCUT2D eigenvalue weighted by Crippen LogP contribution is 2.34. The second-order valence-corrected chi connectivity index (χ2v) is 3.48. The first-order valence-electron chi connectivity index (χ1n) is 4.95. The van der Waals surface area contributed by atoms with E-state index in [1.54, 1.807) is 12.1 Å². The number of anilines is 3. The first-order valence-corrected chi connectivity index (χ1v) is 4.95. The first-order chi connectivity index (χ1) is 8.10. The maximum atomic E-state index is 11.2. The average molecular weight is 236 g/mol. The van der Waals surface area contributed by atoms with Gasteiger partial charge in [0, 0.05) is 13.1 Å². The van der Waals surface area contributed by atoms with E-state index in [1.165, 1.54) is 7.05 Å². The molecule has 1 aromatic carbocycles. The quantitative estimate of drug-likeness (QED) is 0.528. The fraction of sp³-hybridized carbons (Fsp3) is 0.200. The Balaban J connectivity index is 2.32. The lowest BCUT2D eigenvalue weighted by Crippen LogP contribution is -2.27. The zero-order valence-corrected chi connectivity index (χ0v) is 9.16. The molecule has 1 aliphatic rings. The fourth-order valence-corrected chi connectivity index (χ4v) is 1.44. The van der Waals surface area contributed by atoms with E-state index < -0.39 is 0 Å².